The van der Waals surface area contributed by atoms with E-state index in [0.29, 0.717) is 35.0 Å². The third-order valence-electron chi connectivity index (χ3n) is 5.70. The molecule has 0 aliphatic heterocycles. The molecule has 0 atom stereocenters. The maximum atomic E-state index is 11.2. The largest absolute Gasteiger partial charge is 0.506 e. The Labute approximate surface area is 210 Å². The zero-order valence-electron chi connectivity index (χ0n) is 20.9. The highest BCUT2D eigenvalue weighted by molar-refractivity contribution is 6.76. The van der Waals surface area contributed by atoms with Crippen LogP contribution in [0.25, 0.3) is 33.5 Å². The van der Waals surface area contributed by atoms with E-state index in [4.69, 9.17) is 19.7 Å². The van der Waals surface area contributed by atoms with Crippen LogP contribution >= 0.6 is 0 Å². The van der Waals surface area contributed by atoms with E-state index in [1.165, 1.54) is 12.1 Å². The second-order valence-corrected chi connectivity index (χ2v) is 15.4. The zero-order chi connectivity index (χ0) is 25.9. The van der Waals surface area contributed by atoms with Gasteiger partial charge in [-0.1, -0.05) is 31.8 Å². The van der Waals surface area contributed by atoms with Gasteiger partial charge in [-0.3, -0.25) is 4.79 Å². The topological polar surface area (TPSA) is 120 Å². The lowest BCUT2D eigenvalue weighted by Crippen LogP contribution is -2.22. The summed E-state index contributed by atoms with van der Waals surface area (Å²) in [6.07, 6.45) is 1.35. The minimum absolute atomic E-state index is 0.0637. The molecule has 4 aromatic rings. The first-order valence-electron chi connectivity index (χ1n) is 11.6. The Morgan fingerprint density at radius 1 is 1.11 bits per heavy atom. The third-order valence-corrected chi connectivity index (χ3v) is 7.40. The molecule has 4 rings (SSSR count). The van der Waals surface area contributed by atoms with Crippen LogP contribution in [0.3, 0.4) is 0 Å². The first kappa shape index (κ1) is 25.3. The summed E-state index contributed by atoms with van der Waals surface area (Å²) in [7, 11) is 0.380. The summed E-state index contributed by atoms with van der Waals surface area (Å²) in [5.41, 5.74) is 3.21. The number of carbonyl (C=O) groups is 1. The van der Waals surface area contributed by atoms with Crippen LogP contribution in [0.5, 0.6) is 11.5 Å². The van der Waals surface area contributed by atoms with Gasteiger partial charge in [0.25, 0.3) is 0 Å². The smallest absolute Gasteiger partial charge is 0.309 e. The molecule has 0 radical (unpaired) electrons. The van der Waals surface area contributed by atoms with Crippen LogP contribution in [-0.4, -0.2) is 57.7 Å². The van der Waals surface area contributed by atoms with Crippen molar-refractivity contribution in [3.63, 3.8) is 0 Å². The molecule has 0 amide bonds. The minimum Gasteiger partial charge on any atom is -0.506 e. The maximum absolute atomic E-state index is 11.2. The number of aromatic nitrogens is 4. The minimum atomic E-state index is -1.23. The molecular formula is C26H30N4O5Si. The van der Waals surface area contributed by atoms with Crippen LogP contribution in [-0.2, 0) is 22.7 Å². The van der Waals surface area contributed by atoms with Crippen molar-refractivity contribution >= 4 is 25.1 Å². The summed E-state index contributed by atoms with van der Waals surface area (Å²) in [4.78, 5) is 20.2. The van der Waals surface area contributed by atoms with E-state index in [2.05, 4.69) is 29.6 Å². The standard InChI is InChI=1S/C26H30N4O5Si/c1-34-22-8-6-5-7-19(22)25-20-13-17(24-21(31)10-9-18(28-24)14-23(32)33)15-27-26(20)30(29-25)16-35-11-12-36(2,3)4/h5-10,13,15,31H,11-12,14,16H2,1-4H3,(H,32,33). The Morgan fingerprint density at radius 2 is 1.89 bits per heavy atom. The number of ether oxygens (including phenoxy) is 2. The summed E-state index contributed by atoms with van der Waals surface area (Å²) < 4.78 is 13.3. The summed E-state index contributed by atoms with van der Waals surface area (Å²) in [5.74, 6) is -0.397. The van der Waals surface area contributed by atoms with Gasteiger partial charge in [-0.25, -0.2) is 14.6 Å². The number of pyridine rings is 2. The van der Waals surface area contributed by atoms with Crippen LogP contribution in [0.1, 0.15) is 5.69 Å². The van der Waals surface area contributed by atoms with E-state index in [0.717, 1.165) is 17.0 Å². The number of para-hydroxylation sites is 1. The number of methoxy groups -OCH3 is 1. The molecule has 36 heavy (non-hydrogen) atoms. The van der Waals surface area contributed by atoms with Crippen molar-refractivity contribution in [2.24, 2.45) is 0 Å². The highest BCUT2D eigenvalue weighted by Crippen LogP contribution is 2.36. The molecule has 0 aliphatic carbocycles. The van der Waals surface area contributed by atoms with Crippen LogP contribution < -0.4 is 4.74 Å². The van der Waals surface area contributed by atoms with Gasteiger partial charge in [0.1, 0.15) is 29.6 Å². The number of benzene rings is 1. The van der Waals surface area contributed by atoms with E-state index in [-0.39, 0.29) is 24.6 Å². The summed E-state index contributed by atoms with van der Waals surface area (Å²) >= 11 is 0. The van der Waals surface area contributed by atoms with E-state index >= 15 is 0 Å². The van der Waals surface area contributed by atoms with Crippen molar-refractivity contribution in [3.05, 3.63) is 54.4 Å². The van der Waals surface area contributed by atoms with Crippen LogP contribution in [0.4, 0.5) is 0 Å². The molecule has 3 aromatic heterocycles. The molecule has 10 heteroatoms. The van der Waals surface area contributed by atoms with Gasteiger partial charge in [-0.15, -0.1) is 0 Å². The number of carboxylic acid groups (broad SMARTS) is 1. The Kier molecular flexibility index (Phi) is 7.37. The quantitative estimate of drug-likeness (QED) is 0.232. The van der Waals surface area contributed by atoms with Crippen molar-refractivity contribution in [1.82, 2.24) is 19.7 Å². The molecular weight excluding hydrogens is 476 g/mol. The molecule has 0 saturated carbocycles. The number of hydrogen-bond acceptors (Lipinski definition) is 7. The average molecular weight is 507 g/mol. The predicted octanol–water partition coefficient (Wildman–Crippen LogP) is 4.81. The fourth-order valence-corrected chi connectivity index (χ4v) is 4.56. The second kappa shape index (κ2) is 10.5. The fraction of sp³-hybridized carbons (Fsp3) is 0.308. The Balaban J connectivity index is 1.80. The lowest BCUT2D eigenvalue weighted by molar-refractivity contribution is -0.136. The van der Waals surface area contributed by atoms with Gasteiger partial charge in [0.15, 0.2) is 5.65 Å². The van der Waals surface area contributed by atoms with Crippen LogP contribution in [0.2, 0.25) is 25.7 Å². The molecule has 0 bridgehead atoms. The molecule has 2 N–H and O–H groups in total. The number of aliphatic carboxylic acids is 1. The Hall–Kier alpha value is -3.76. The second-order valence-electron chi connectivity index (χ2n) is 9.73. The Morgan fingerprint density at radius 3 is 2.61 bits per heavy atom. The SMILES string of the molecule is COc1ccccc1-c1nn(COCC[Si](C)(C)C)c2ncc(-c3nc(CC(=O)O)ccc3O)cc12. The van der Waals surface area contributed by atoms with Gasteiger partial charge in [0.05, 0.1) is 19.2 Å². The molecule has 0 spiro atoms. The number of rotatable bonds is 10. The maximum Gasteiger partial charge on any atom is 0.309 e. The molecule has 0 fully saturated rings. The van der Waals surface area contributed by atoms with Crippen molar-refractivity contribution < 1.29 is 24.5 Å². The lowest BCUT2D eigenvalue weighted by atomic mass is 10.1. The van der Waals surface area contributed by atoms with Crippen molar-refractivity contribution in [2.75, 3.05) is 13.7 Å². The van der Waals surface area contributed by atoms with E-state index < -0.39 is 14.0 Å². The normalized spacial score (nSPS) is 11.7. The third kappa shape index (κ3) is 5.72. The van der Waals surface area contributed by atoms with Gasteiger partial charge < -0.3 is 19.7 Å². The highest BCUT2D eigenvalue weighted by Gasteiger charge is 2.20. The number of fused-ring (bicyclic) bond motifs is 1. The van der Waals surface area contributed by atoms with Crippen LogP contribution in [0, 0.1) is 0 Å². The number of nitrogens with zero attached hydrogens (tertiary/aromatic N) is 4. The van der Waals surface area contributed by atoms with Crippen LogP contribution in [0.15, 0.2) is 48.7 Å². The van der Waals surface area contributed by atoms with Gasteiger partial charge in [-0.05, 0) is 36.4 Å². The molecule has 0 aliphatic rings. The molecule has 3 heterocycles. The summed E-state index contributed by atoms with van der Waals surface area (Å²) in [6.45, 7) is 7.81. The van der Waals surface area contributed by atoms with E-state index in [1.54, 1.807) is 18.0 Å². The van der Waals surface area contributed by atoms with Gasteiger partial charge >= 0.3 is 5.97 Å². The lowest BCUT2D eigenvalue weighted by Gasteiger charge is -2.15. The Bertz CT molecular complexity index is 1400. The first-order chi connectivity index (χ1) is 17.2. The molecule has 1 aromatic carbocycles. The first-order valence-corrected chi connectivity index (χ1v) is 15.4. The fourth-order valence-electron chi connectivity index (χ4n) is 3.81. The van der Waals surface area contributed by atoms with Crippen molar-refractivity contribution in [2.45, 2.75) is 38.8 Å². The summed E-state index contributed by atoms with van der Waals surface area (Å²) in [5, 5.41) is 25.2. The predicted molar refractivity (Wildman–Crippen MR) is 140 cm³/mol. The van der Waals surface area contributed by atoms with Gasteiger partial charge in [0, 0.05) is 37.4 Å². The van der Waals surface area contributed by atoms with Crippen molar-refractivity contribution in [1.29, 1.82) is 0 Å². The monoisotopic (exact) mass is 506 g/mol. The van der Waals surface area contributed by atoms with E-state index in [9.17, 15) is 9.90 Å². The number of hydrogen-bond donors (Lipinski definition) is 2. The molecule has 0 saturated heterocycles. The highest BCUT2D eigenvalue weighted by atomic mass is 28.3. The van der Waals surface area contributed by atoms with E-state index in [1.807, 2.05) is 30.3 Å². The molecule has 188 valence electrons. The van der Waals surface area contributed by atoms with Gasteiger partial charge in [0.2, 0.25) is 0 Å². The molecule has 0 unspecified atom stereocenters. The number of aromatic hydroxyl groups is 1. The number of carboxylic acids is 1. The molecule has 9 nitrogen and oxygen atoms in total. The van der Waals surface area contributed by atoms with Gasteiger partial charge in [-0.2, -0.15) is 5.10 Å². The summed E-state index contributed by atoms with van der Waals surface area (Å²) in [6, 6.07) is 13.4. The zero-order valence-corrected chi connectivity index (χ0v) is 21.9. The van der Waals surface area contributed by atoms with Crippen molar-refractivity contribution in [3.8, 4) is 34.0 Å². The average Bonchev–Trinajstić information content (AvgIpc) is 3.19.